The van der Waals surface area contributed by atoms with Crippen molar-refractivity contribution < 1.29 is 9.59 Å². The zero-order valence-electron chi connectivity index (χ0n) is 17.2. The van der Waals surface area contributed by atoms with Gasteiger partial charge in [-0.1, -0.05) is 13.8 Å². The number of piperidine rings is 1. The number of nitrogens with two attached hydrogens (primary N) is 1. The van der Waals surface area contributed by atoms with Crippen molar-refractivity contribution in [3.8, 4) is 0 Å². The van der Waals surface area contributed by atoms with Crippen LogP contribution >= 0.6 is 24.8 Å². The third kappa shape index (κ3) is 7.59. The van der Waals surface area contributed by atoms with Gasteiger partial charge in [-0.05, 0) is 63.0 Å². The first-order chi connectivity index (χ1) is 12.3. The van der Waals surface area contributed by atoms with Gasteiger partial charge < -0.3 is 20.9 Å². The van der Waals surface area contributed by atoms with Crippen LogP contribution in [-0.2, 0) is 4.79 Å². The molecule has 2 rings (SSSR count). The number of hydrogen-bond acceptors (Lipinski definition) is 4. The van der Waals surface area contributed by atoms with E-state index in [-0.39, 0.29) is 42.7 Å². The molecule has 3 N–H and O–H groups in total. The zero-order chi connectivity index (χ0) is 19.3. The van der Waals surface area contributed by atoms with Gasteiger partial charge in [0, 0.05) is 30.9 Å². The van der Waals surface area contributed by atoms with Gasteiger partial charge in [0.15, 0.2) is 0 Å². The minimum absolute atomic E-state index is 0. The van der Waals surface area contributed by atoms with E-state index in [4.69, 9.17) is 5.73 Å². The summed E-state index contributed by atoms with van der Waals surface area (Å²) in [5, 5.41) is 2.82. The molecule has 1 unspecified atom stereocenters. The normalized spacial score (nSPS) is 17.9. The topological polar surface area (TPSA) is 78.7 Å². The predicted octanol–water partition coefficient (Wildman–Crippen LogP) is 3.01. The summed E-state index contributed by atoms with van der Waals surface area (Å²) in [6.45, 7) is 6.07. The molecule has 1 aromatic carbocycles. The van der Waals surface area contributed by atoms with E-state index in [1.165, 1.54) is 0 Å². The molecule has 8 heteroatoms. The van der Waals surface area contributed by atoms with Crippen LogP contribution in [0.25, 0.3) is 0 Å². The molecule has 1 aromatic rings. The van der Waals surface area contributed by atoms with E-state index >= 15 is 0 Å². The van der Waals surface area contributed by atoms with E-state index in [0.29, 0.717) is 23.6 Å². The van der Waals surface area contributed by atoms with E-state index < -0.39 is 6.04 Å². The second kappa shape index (κ2) is 12.3. The molecule has 1 fully saturated rings. The van der Waals surface area contributed by atoms with Gasteiger partial charge >= 0.3 is 0 Å². The molecule has 28 heavy (non-hydrogen) atoms. The molecule has 0 saturated carbocycles. The molecule has 1 aliphatic rings. The summed E-state index contributed by atoms with van der Waals surface area (Å²) in [4.78, 5) is 28.9. The molecule has 0 bridgehead atoms. The van der Waals surface area contributed by atoms with Gasteiger partial charge in [0.25, 0.3) is 5.91 Å². The van der Waals surface area contributed by atoms with Crippen LogP contribution in [0, 0.1) is 5.92 Å². The summed E-state index contributed by atoms with van der Waals surface area (Å²) >= 11 is 0. The Morgan fingerprint density at radius 1 is 1.25 bits per heavy atom. The molecule has 0 spiro atoms. The van der Waals surface area contributed by atoms with Crippen LogP contribution in [0.5, 0.6) is 0 Å². The highest BCUT2D eigenvalue weighted by Gasteiger charge is 2.25. The van der Waals surface area contributed by atoms with Crippen molar-refractivity contribution in [2.75, 3.05) is 32.5 Å². The molecule has 2 amide bonds. The van der Waals surface area contributed by atoms with Crippen molar-refractivity contribution in [3.63, 3.8) is 0 Å². The van der Waals surface area contributed by atoms with E-state index in [1.807, 2.05) is 25.8 Å². The molecule has 1 saturated heterocycles. The molecule has 6 nitrogen and oxygen atoms in total. The Bertz CT molecular complexity index is 625. The maximum atomic E-state index is 12.7. The van der Waals surface area contributed by atoms with Crippen molar-refractivity contribution in [1.82, 2.24) is 9.80 Å². The van der Waals surface area contributed by atoms with Gasteiger partial charge in [-0.2, -0.15) is 0 Å². The first-order valence-electron chi connectivity index (χ1n) is 9.40. The quantitative estimate of drug-likeness (QED) is 0.723. The molecule has 160 valence electrons. The van der Waals surface area contributed by atoms with Crippen LogP contribution in [0.3, 0.4) is 0 Å². The number of carbonyl (C=O) groups is 2. The minimum atomic E-state index is -0.522. The summed E-state index contributed by atoms with van der Waals surface area (Å²) in [5.41, 5.74) is 7.19. The maximum Gasteiger partial charge on any atom is 0.253 e. The Labute approximate surface area is 181 Å². The summed E-state index contributed by atoms with van der Waals surface area (Å²) < 4.78 is 0. The predicted molar refractivity (Wildman–Crippen MR) is 120 cm³/mol. The lowest BCUT2D eigenvalue weighted by Crippen LogP contribution is -2.47. The molecule has 1 aliphatic heterocycles. The first-order valence-corrected chi connectivity index (χ1v) is 9.40. The second-order valence-electron chi connectivity index (χ2n) is 7.78. The minimum Gasteiger partial charge on any atom is -0.337 e. The number of anilines is 1. The van der Waals surface area contributed by atoms with Gasteiger partial charge in [-0.15, -0.1) is 24.8 Å². The molecule has 0 radical (unpaired) electrons. The summed E-state index contributed by atoms with van der Waals surface area (Å²) in [6.07, 6.45) is 2.79. The van der Waals surface area contributed by atoms with E-state index in [1.54, 1.807) is 24.3 Å². The standard InChI is InChI=1S/C20H32N4O2.2ClH/c1-14(2)12-18(21)19(25)22-16-9-7-15(8-10-16)20(26)24(4)17-6-5-11-23(3)13-17;;/h7-10,14,17-18H,5-6,11-13,21H2,1-4H3,(H,22,25);2*1H/t17?,18-;;/m0../s1. The van der Waals surface area contributed by atoms with Crippen LogP contribution < -0.4 is 11.1 Å². The van der Waals surface area contributed by atoms with E-state index in [9.17, 15) is 9.59 Å². The van der Waals surface area contributed by atoms with Crippen molar-refractivity contribution in [3.05, 3.63) is 29.8 Å². The second-order valence-corrected chi connectivity index (χ2v) is 7.78. The maximum absolute atomic E-state index is 12.7. The summed E-state index contributed by atoms with van der Waals surface area (Å²) in [7, 11) is 3.96. The smallest absolute Gasteiger partial charge is 0.253 e. The Morgan fingerprint density at radius 2 is 1.86 bits per heavy atom. The molecular formula is C20H34Cl2N4O2. The number of halogens is 2. The van der Waals surface area contributed by atoms with Crippen LogP contribution in [-0.4, -0.2) is 60.9 Å². The van der Waals surface area contributed by atoms with Gasteiger partial charge in [0.05, 0.1) is 6.04 Å². The lowest BCUT2D eigenvalue weighted by atomic mass is 10.0. The molecule has 0 aromatic heterocycles. The number of hydrogen-bond donors (Lipinski definition) is 2. The number of rotatable bonds is 6. The van der Waals surface area contributed by atoms with Crippen LogP contribution in [0.1, 0.15) is 43.5 Å². The number of amides is 2. The third-order valence-corrected chi connectivity index (χ3v) is 4.93. The van der Waals surface area contributed by atoms with Gasteiger partial charge in [0.1, 0.15) is 0 Å². The number of nitrogens with zero attached hydrogens (tertiary/aromatic N) is 2. The summed E-state index contributed by atoms with van der Waals surface area (Å²) in [6, 6.07) is 6.76. The first kappa shape index (κ1) is 26.7. The highest BCUT2D eigenvalue weighted by Crippen LogP contribution is 2.17. The number of likely N-dealkylation sites (tertiary alicyclic amines) is 1. The highest BCUT2D eigenvalue weighted by molar-refractivity contribution is 5.97. The number of nitrogens with one attached hydrogen (secondary N) is 1. The Balaban J connectivity index is 0.00000364. The lowest BCUT2D eigenvalue weighted by molar-refractivity contribution is -0.117. The largest absolute Gasteiger partial charge is 0.337 e. The van der Waals surface area contributed by atoms with Crippen molar-refractivity contribution >= 4 is 42.3 Å². The molecular weight excluding hydrogens is 399 g/mol. The van der Waals surface area contributed by atoms with Gasteiger partial charge in [-0.3, -0.25) is 9.59 Å². The fourth-order valence-corrected chi connectivity index (χ4v) is 3.37. The summed E-state index contributed by atoms with van der Waals surface area (Å²) in [5.74, 6) is 0.185. The molecule has 1 heterocycles. The number of carbonyl (C=O) groups excluding carboxylic acids is 2. The monoisotopic (exact) mass is 432 g/mol. The lowest BCUT2D eigenvalue weighted by Gasteiger charge is -2.35. The highest BCUT2D eigenvalue weighted by atomic mass is 35.5. The van der Waals surface area contributed by atoms with Gasteiger partial charge in [0.2, 0.25) is 5.91 Å². The van der Waals surface area contributed by atoms with Crippen molar-refractivity contribution in [2.45, 2.75) is 45.2 Å². The van der Waals surface area contributed by atoms with E-state index in [2.05, 4.69) is 17.3 Å². The zero-order valence-corrected chi connectivity index (χ0v) is 18.8. The number of benzene rings is 1. The average Bonchev–Trinajstić information content (AvgIpc) is 2.60. The van der Waals surface area contributed by atoms with Crippen LogP contribution in [0.2, 0.25) is 0 Å². The van der Waals surface area contributed by atoms with Crippen molar-refractivity contribution in [1.29, 1.82) is 0 Å². The fourth-order valence-electron chi connectivity index (χ4n) is 3.37. The van der Waals surface area contributed by atoms with Crippen LogP contribution in [0.4, 0.5) is 5.69 Å². The van der Waals surface area contributed by atoms with Gasteiger partial charge in [-0.25, -0.2) is 0 Å². The van der Waals surface area contributed by atoms with Crippen LogP contribution in [0.15, 0.2) is 24.3 Å². The van der Waals surface area contributed by atoms with E-state index in [0.717, 1.165) is 25.9 Å². The molecule has 2 atom stereocenters. The molecule has 0 aliphatic carbocycles. The third-order valence-electron chi connectivity index (χ3n) is 4.93. The Morgan fingerprint density at radius 3 is 2.39 bits per heavy atom. The fraction of sp³-hybridized carbons (Fsp3) is 0.600. The average molecular weight is 433 g/mol. The Hall–Kier alpha value is -1.34. The SMILES string of the molecule is CC(C)C[C@H](N)C(=O)Nc1ccc(C(=O)N(C)C2CCCN(C)C2)cc1.Cl.Cl. The van der Waals surface area contributed by atoms with Crippen molar-refractivity contribution in [2.24, 2.45) is 11.7 Å². The number of likely N-dealkylation sites (N-methyl/N-ethyl adjacent to an activating group) is 2. The Kier molecular flexibility index (Phi) is 11.7.